The largest absolute Gasteiger partial charge is 0.497 e. The maximum Gasteiger partial charge on any atom is 0.341 e. The second-order valence-corrected chi connectivity index (χ2v) is 9.92. The molecule has 4 aromatic rings. The summed E-state index contributed by atoms with van der Waals surface area (Å²) in [7, 11) is 1.55. The molecule has 2 amide bonds. The fourth-order valence-corrected chi connectivity index (χ4v) is 5.36. The van der Waals surface area contributed by atoms with Gasteiger partial charge in [-0.15, -0.1) is 23.1 Å². The van der Waals surface area contributed by atoms with E-state index in [0.717, 1.165) is 16.0 Å². The number of anilines is 2. The van der Waals surface area contributed by atoms with Crippen LogP contribution in [-0.4, -0.2) is 37.3 Å². The van der Waals surface area contributed by atoms with Crippen LogP contribution in [0.4, 0.5) is 10.7 Å². The van der Waals surface area contributed by atoms with E-state index in [1.165, 1.54) is 23.1 Å². The molecule has 4 rings (SSSR count). The number of ether oxygens (including phenoxy) is 2. The van der Waals surface area contributed by atoms with Crippen LogP contribution in [0.2, 0.25) is 0 Å². The summed E-state index contributed by atoms with van der Waals surface area (Å²) < 4.78 is 10.4. The van der Waals surface area contributed by atoms with Crippen molar-refractivity contribution in [1.29, 1.82) is 0 Å². The van der Waals surface area contributed by atoms with E-state index in [0.29, 0.717) is 27.6 Å². The summed E-state index contributed by atoms with van der Waals surface area (Å²) in [6.45, 7) is 1.98. The Balaban J connectivity index is 1.41. The quantitative estimate of drug-likeness (QED) is 0.172. The Kier molecular flexibility index (Phi) is 9.18. The van der Waals surface area contributed by atoms with Crippen LogP contribution in [0.25, 0.3) is 11.1 Å². The highest BCUT2D eigenvalue weighted by molar-refractivity contribution is 8.00. The number of hydrogen-bond acceptors (Lipinski definition) is 7. The lowest BCUT2D eigenvalue weighted by Gasteiger charge is -2.10. The van der Waals surface area contributed by atoms with Gasteiger partial charge in [0.1, 0.15) is 16.3 Å². The minimum atomic E-state index is -0.477. The first-order valence-electron chi connectivity index (χ1n) is 11.8. The molecule has 0 radical (unpaired) electrons. The fourth-order valence-electron chi connectivity index (χ4n) is 3.63. The minimum Gasteiger partial charge on any atom is -0.497 e. The molecule has 0 aliphatic rings. The highest BCUT2D eigenvalue weighted by atomic mass is 32.2. The molecule has 1 heterocycles. The molecular weight excluding hydrogens is 520 g/mol. The van der Waals surface area contributed by atoms with Gasteiger partial charge in [0.25, 0.3) is 5.91 Å². The van der Waals surface area contributed by atoms with Crippen LogP contribution in [0.5, 0.6) is 5.75 Å². The third-order valence-corrected chi connectivity index (χ3v) is 7.29. The first-order chi connectivity index (χ1) is 18.5. The topological polar surface area (TPSA) is 93.7 Å². The Labute approximate surface area is 229 Å². The molecule has 7 nitrogen and oxygen atoms in total. The number of benzene rings is 3. The number of esters is 1. The fraction of sp³-hybridized carbons (Fsp3) is 0.138. The second kappa shape index (κ2) is 12.9. The number of amides is 2. The molecule has 0 spiro atoms. The van der Waals surface area contributed by atoms with Crippen LogP contribution < -0.4 is 15.4 Å². The SMILES string of the molecule is CCOC(=O)c1c(-c2ccccc2)csc1NC(=O)CSc1cccc(NC(=O)c2cccc(OC)c2)c1. The smallest absolute Gasteiger partial charge is 0.341 e. The van der Waals surface area contributed by atoms with Gasteiger partial charge in [0.05, 0.1) is 19.5 Å². The molecule has 0 atom stereocenters. The number of nitrogens with one attached hydrogen (secondary N) is 2. The van der Waals surface area contributed by atoms with E-state index in [1.54, 1.807) is 50.4 Å². The van der Waals surface area contributed by atoms with E-state index in [2.05, 4.69) is 10.6 Å². The number of hydrogen-bond donors (Lipinski definition) is 2. The molecule has 38 heavy (non-hydrogen) atoms. The standard InChI is InChI=1S/C29H26N2O5S2/c1-3-36-29(34)26-24(19-9-5-4-6-10-19)17-38-28(26)31-25(32)18-37-23-14-8-12-21(16-23)30-27(33)20-11-7-13-22(15-20)35-2/h4-17H,3,18H2,1-2H3,(H,30,33)(H,31,32). The Hall–Kier alpha value is -4.08. The van der Waals surface area contributed by atoms with Crippen molar-refractivity contribution in [3.63, 3.8) is 0 Å². The van der Waals surface area contributed by atoms with Crippen LogP contribution in [0.1, 0.15) is 27.6 Å². The van der Waals surface area contributed by atoms with E-state index in [4.69, 9.17) is 9.47 Å². The summed E-state index contributed by atoms with van der Waals surface area (Å²) in [5.74, 6) is -0.278. The minimum absolute atomic E-state index is 0.119. The summed E-state index contributed by atoms with van der Waals surface area (Å²) in [6, 6.07) is 23.7. The van der Waals surface area contributed by atoms with E-state index in [9.17, 15) is 14.4 Å². The first kappa shape index (κ1) is 27.0. The van der Waals surface area contributed by atoms with Crippen molar-refractivity contribution < 1.29 is 23.9 Å². The highest BCUT2D eigenvalue weighted by Gasteiger charge is 2.22. The van der Waals surface area contributed by atoms with Gasteiger partial charge in [-0.1, -0.05) is 42.5 Å². The summed E-state index contributed by atoms with van der Waals surface area (Å²) in [5.41, 5.74) is 3.03. The van der Waals surface area contributed by atoms with Crippen molar-refractivity contribution >= 4 is 51.6 Å². The average Bonchev–Trinajstić information content (AvgIpc) is 3.36. The summed E-state index contributed by atoms with van der Waals surface area (Å²) in [4.78, 5) is 39.0. The normalized spacial score (nSPS) is 10.5. The lowest BCUT2D eigenvalue weighted by molar-refractivity contribution is -0.113. The van der Waals surface area contributed by atoms with Crippen molar-refractivity contribution in [3.8, 4) is 16.9 Å². The Morgan fingerprint density at radius 2 is 1.71 bits per heavy atom. The Morgan fingerprint density at radius 1 is 0.921 bits per heavy atom. The first-order valence-corrected chi connectivity index (χ1v) is 13.7. The summed E-state index contributed by atoms with van der Waals surface area (Å²) in [6.07, 6.45) is 0. The third-order valence-electron chi connectivity index (χ3n) is 5.40. The van der Waals surface area contributed by atoms with Crippen LogP contribution in [0.15, 0.2) is 89.1 Å². The third kappa shape index (κ3) is 6.81. The van der Waals surface area contributed by atoms with E-state index in [1.807, 2.05) is 47.8 Å². The maximum atomic E-state index is 12.8. The zero-order valence-corrected chi connectivity index (χ0v) is 22.5. The molecule has 1 aromatic heterocycles. The molecule has 0 fully saturated rings. The molecule has 9 heteroatoms. The van der Waals surface area contributed by atoms with Crippen LogP contribution in [0.3, 0.4) is 0 Å². The monoisotopic (exact) mass is 546 g/mol. The van der Waals surface area contributed by atoms with Crippen LogP contribution in [-0.2, 0) is 9.53 Å². The van der Waals surface area contributed by atoms with Gasteiger partial charge in [-0.3, -0.25) is 9.59 Å². The molecule has 2 N–H and O–H groups in total. The average molecular weight is 547 g/mol. The Bertz CT molecular complexity index is 1440. The van der Waals surface area contributed by atoms with E-state index >= 15 is 0 Å². The molecule has 0 aliphatic carbocycles. The zero-order chi connectivity index (χ0) is 26.9. The molecule has 3 aromatic carbocycles. The molecule has 0 aliphatic heterocycles. The maximum absolute atomic E-state index is 12.8. The van der Waals surface area contributed by atoms with Crippen molar-refractivity contribution in [2.24, 2.45) is 0 Å². The molecule has 0 saturated heterocycles. The van der Waals surface area contributed by atoms with Gasteiger partial charge in [-0.05, 0) is 48.9 Å². The van der Waals surface area contributed by atoms with E-state index < -0.39 is 5.97 Å². The zero-order valence-electron chi connectivity index (χ0n) is 20.9. The molecule has 0 bridgehead atoms. The van der Waals surface area contributed by atoms with Gasteiger partial charge < -0.3 is 20.1 Å². The van der Waals surface area contributed by atoms with Crippen molar-refractivity contribution in [2.45, 2.75) is 11.8 Å². The predicted molar refractivity (Wildman–Crippen MR) is 152 cm³/mol. The van der Waals surface area contributed by atoms with Crippen molar-refractivity contribution in [1.82, 2.24) is 0 Å². The van der Waals surface area contributed by atoms with Crippen LogP contribution in [0, 0.1) is 0 Å². The van der Waals surface area contributed by atoms with Gasteiger partial charge in [0.15, 0.2) is 0 Å². The summed E-state index contributed by atoms with van der Waals surface area (Å²) >= 11 is 2.61. The number of carbonyl (C=O) groups is 3. The predicted octanol–water partition coefficient (Wildman–Crippen LogP) is 6.58. The van der Waals surface area contributed by atoms with Crippen LogP contribution >= 0.6 is 23.1 Å². The van der Waals surface area contributed by atoms with Gasteiger partial charge in [0, 0.05) is 27.1 Å². The number of thiophene rings is 1. The molecule has 0 saturated carbocycles. The van der Waals surface area contributed by atoms with Gasteiger partial charge >= 0.3 is 5.97 Å². The summed E-state index contributed by atoms with van der Waals surface area (Å²) in [5, 5.41) is 8.03. The molecule has 0 unspecified atom stereocenters. The highest BCUT2D eigenvalue weighted by Crippen LogP contribution is 2.36. The molecular formula is C29H26N2O5S2. The van der Waals surface area contributed by atoms with Gasteiger partial charge in [-0.25, -0.2) is 4.79 Å². The van der Waals surface area contributed by atoms with Gasteiger partial charge in [0.2, 0.25) is 5.91 Å². The Morgan fingerprint density at radius 3 is 2.47 bits per heavy atom. The lowest BCUT2D eigenvalue weighted by atomic mass is 10.0. The number of carbonyl (C=O) groups excluding carboxylic acids is 3. The van der Waals surface area contributed by atoms with E-state index in [-0.39, 0.29) is 24.2 Å². The second-order valence-electron chi connectivity index (χ2n) is 7.99. The number of rotatable bonds is 10. The molecule has 194 valence electrons. The number of methoxy groups -OCH3 is 1. The number of thioether (sulfide) groups is 1. The van der Waals surface area contributed by atoms with Gasteiger partial charge in [-0.2, -0.15) is 0 Å². The van der Waals surface area contributed by atoms with Crippen molar-refractivity contribution in [2.75, 3.05) is 30.1 Å². The van der Waals surface area contributed by atoms with Crippen molar-refractivity contribution in [3.05, 3.63) is 95.4 Å². The lowest BCUT2D eigenvalue weighted by Crippen LogP contribution is -2.16.